The van der Waals surface area contributed by atoms with Gasteiger partial charge in [0.05, 0.1) is 6.20 Å². The molecule has 1 N–H and O–H groups in total. The molecule has 0 spiro atoms. The van der Waals surface area contributed by atoms with Crippen LogP contribution in [0.15, 0.2) is 42.6 Å². The van der Waals surface area contributed by atoms with Crippen LogP contribution in [-0.4, -0.2) is 40.0 Å². The zero-order valence-corrected chi connectivity index (χ0v) is 15.4. The molecule has 6 heteroatoms. The number of ether oxygens (including phenoxy) is 1. The zero-order valence-electron chi connectivity index (χ0n) is 15.4. The second kappa shape index (κ2) is 8.66. The molecule has 1 fully saturated rings. The van der Waals surface area contributed by atoms with Crippen LogP contribution in [0.4, 0.5) is 0 Å². The molecule has 2 aromatic rings. The number of nitrogens with zero attached hydrogens (tertiary/aromatic N) is 2. The number of aliphatic carboxylic acids is 1. The van der Waals surface area contributed by atoms with Crippen molar-refractivity contribution in [1.82, 2.24) is 9.88 Å². The number of carbonyl (C=O) groups is 2. The largest absolute Gasteiger partial charge is 0.487 e. The minimum Gasteiger partial charge on any atom is -0.487 e. The predicted octanol–water partition coefficient (Wildman–Crippen LogP) is 3.30. The lowest BCUT2D eigenvalue weighted by molar-refractivity contribution is -0.138. The fourth-order valence-corrected chi connectivity index (χ4v) is 3.27. The second-order valence-electron chi connectivity index (χ2n) is 6.96. The molecule has 1 aromatic carbocycles. The van der Waals surface area contributed by atoms with Gasteiger partial charge < -0.3 is 14.7 Å². The molecule has 0 radical (unpaired) electrons. The molecule has 1 aromatic heterocycles. The smallest absolute Gasteiger partial charge is 0.303 e. The van der Waals surface area contributed by atoms with Crippen molar-refractivity contribution in [3.05, 3.63) is 59.4 Å². The monoisotopic (exact) mass is 368 g/mol. The molecule has 1 saturated heterocycles. The third-order valence-electron chi connectivity index (χ3n) is 4.83. The first-order chi connectivity index (χ1) is 13.0. The molecule has 2 heterocycles. The van der Waals surface area contributed by atoms with E-state index >= 15 is 0 Å². The number of amides is 1. The van der Waals surface area contributed by atoms with E-state index in [1.807, 2.05) is 48.2 Å². The summed E-state index contributed by atoms with van der Waals surface area (Å²) < 4.78 is 5.74. The Balaban J connectivity index is 1.57. The lowest BCUT2D eigenvalue weighted by Gasteiger charge is -2.31. The molecule has 0 aliphatic carbocycles. The van der Waals surface area contributed by atoms with Gasteiger partial charge in [0.1, 0.15) is 12.4 Å². The molecule has 6 nitrogen and oxygen atoms in total. The Bertz CT molecular complexity index is 796. The van der Waals surface area contributed by atoms with Crippen LogP contribution in [0.3, 0.4) is 0 Å². The molecule has 1 aliphatic rings. The van der Waals surface area contributed by atoms with Crippen molar-refractivity contribution in [1.29, 1.82) is 0 Å². The van der Waals surface area contributed by atoms with Gasteiger partial charge in [-0.3, -0.25) is 14.6 Å². The Kier molecular flexibility index (Phi) is 6.06. The summed E-state index contributed by atoms with van der Waals surface area (Å²) in [4.78, 5) is 29.6. The van der Waals surface area contributed by atoms with E-state index < -0.39 is 5.97 Å². The number of likely N-dealkylation sites (tertiary alicyclic amines) is 1. The van der Waals surface area contributed by atoms with Crippen molar-refractivity contribution in [3.8, 4) is 5.75 Å². The Hall–Kier alpha value is -2.89. The summed E-state index contributed by atoms with van der Waals surface area (Å²) in [7, 11) is 0. The summed E-state index contributed by atoms with van der Waals surface area (Å²) in [6, 6.07) is 11.2. The van der Waals surface area contributed by atoms with Crippen molar-refractivity contribution < 1.29 is 19.4 Å². The number of benzene rings is 1. The van der Waals surface area contributed by atoms with E-state index in [1.54, 1.807) is 6.20 Å². The summed E-state index contributed by atoms with van der Waals surface area (Å²) in [6.07, 6.45) is 3.34. The zero-order chi connectivity index (χ0) is 19.2. The van der Waals surface area contributed by atoms with Crippen LogP contribution >= 0.6 is 0 Å². The minimum absolute atomic E-state index is 0.0115. The minimum atomic E-state index is -0.767. The average molecular weight is 368 g/mol. The number of hydrogen-bond acceptors (Lipinski definition) is 4. The standard InChI is InChI=1S/C21H24N2O4/c1-15-5-6-19(13-22-15)27-14-17-3-2-4-18(11-17)21(26)23-9-7-16(8-10-23)12-20(24)25/h2-6,11,13,16H,7-10,12,14H2,1H3,(H,24,25). The number of pyridine rings is 1. The third-order valence-corrected chi connectivity index (χ3v) is 4.83. The lowest BCUT2D eigenvalue weighted by Crippen LogP contribution is -2.38. The second-order valence-corrected chi connectivity index (χ2v) is 6.96. The lowest BCUT2D eigenvalue weighted by atomic mass is 9.93. The van der Waals surface area contributed by atoms with Crippen molar-refractivity contribution in [3.63, 3.8) is 0 Å². The Labute approximate surface area is 158 Å². The maximum absolute atomic E-state index is 12.8. The first-order valence-corrected chi connectivity index (χ1v) is 9.17. The number of piperidine rings is 1. The van der Waals surface area contributed by atoms with E-state index in [4.69, 9.17) is 9.84 Å². The molecule has 0 bridgehead atoms. The third kappa shape index (κ3) is 5.29. The molecule has 0 atom stereocenters. The van der Waals surface area contributed by atoms with E-state index in [1.165, 1.54) is 0 Å². The summed E-state index contributed by atoms with van der Waals surface area (Å²) in [5.74, 6) is 0.0751. The van der Waals surface area contributed by atoms with Gasteiger partial charge in [0.25, 0.3) is 5.91 Å². The quantitative estimate of drug-likeness (QED) is 0.846. The highest BCUT2D eigenvalue weighted by Crippen LogP contribution is 2.22. The van der Waals surface area contributed by atoms with Crippen molar-refractivity contribution in [2.24, 2.45) is 5.92 Å². The van der Waals surface area contributed by atoms with Gasteiger partial charge in [0.2, 0.25) is 0 Å². The Morgan fingerprint density at radius 3 is 2.67 bits per heavy atom. The van der Waals surface area contributed by atoms with E-state index in [-0.39, 0.29) is 18.2 Å². The molecule has 1 amide bonds. The molecular weight excluding hydrogens is 344 g/mol. The SMILES string of the molecule is Cc1ccc(OCc2cccc(C(=O)N3CCC(CC(=O)O)CC3)c2)cn1. The van der Waals surface area contributed by atoms with Crippen LogP contribution in [-0.2, 0) is 11.4 Å². The fraction of sp³-hybridized carbons (Fsp3) is 0.381. The Morgan fingerprint density at radius 2 is 2.00 bits per heavy atom. The van der Waals surface area contributed by atoms with Gasteiger partial charge in [-0.1, -0.05) is 12.1 Å². The van der Waals surface area contributed by atoms with E-state index in [0.29, 0.717) is 31.0 Å². The molecule has 27 heavy (non-hydrogen) atoms. The van der Waals surface area contributed by atoms with Gasteiger partial charge in [-0.05, 0) is 55.5 Å². The van der Waals surface area contributed by atoms with Gasteiger partial charge in [-0.15, -0.1) is 0 Å². The van der Waals surface area contributed by atoms with Gasteiger partial charge in [0, 0.05) is 30.8 Å². The maximum Gasteiger partial charge on any atom is 0.303 e. The van der Waals surface area contributed by atoms with E-state index in [2.05, 4.69) is 4.98 Å². The maximum atomic E-state index is 12.8. The van der Waals surface area contributed by atoms with Crippen LogP contribution in [0.1, 0.15) is 40.9 Å². The first kappa shape index (κ1) is 18.9. The molecule has 0 unspecified atom stereocenters. The van der Waals surface area contributed by atoms with Crippen LogP contribution in [0, 0.1) is 12.8 Å². The number of carboxylic acid groups (broad SMARTS) is 1. The van der Waals surface area contributed by atoms with Crippen LogP contribution in [0.5, 0.6) is 5.75 Å². The molecular formula is C21H24N2O4. The molecule has 0 saturated carbocycles. The van der Waals surface area contributed by atoms with Gasteiger partial charge in [-0.25, -0.2) is 0 Å². The number of aromatic nitrogens is 1. The van der Waals surface area contributed by atoms with E-state index in [9.17, 15) is 9.59 Å². The molecule has 1 aliphatic heterocycles. The summed E-state index contributed by atoms with van der Waals surface area (Å²) in [5.41, 5.74) is 2.49. The number of hydrogen-bond donors (Lipinski definition) is 1. The predicted molar refractivity (Wildman–Crippen MR) is 101 cm³/mol. The number of rotatable bonds is 6. The van der Waals surface area contributed by atoms with Crippen molar-refractivity contribution >= 4 is 11.9 Å². The average Bonchev–Trinajstić information content (AvgIpc) is 2.67. The molecule has 142 valence electrons. The van der Waals surface area contributed by atoms with Crippen LogP contribution in [0.25, 0.3) is 0 Å². The van der Waals surface area contributed by atoms with Gasteiger partial charge in [-0.2, -0.15) is 0 Å². The van der Waals surface area contributed by atoms with Crippen LogP contribution < -0.4 is 4.74 Å². The highest BCUT2D eigenvalue weighted by atomic mass is 16.5. The summed E-state index contributed by atoms with van der Waals surface area (Å²) in [6.45, 7) is 3.50. The number of carbonyl (C=O) groups excluding carboxylic acids is 1. The highest BCUT2D eigenvalue weighted by Gasteiger charge is 2.25. The number of aryl methyl sites for hydroxylation is 1. The molecule has 3 rings (SSSR count). The Morgan fingerprint density at radius 1 is 1.22 bits per heavy atom. The van der Waals surface area contributed by atoms with Gasteiger partial charge in [0.15, 0.2) is 0 Å². The van der Waals surface area contributed by atoms with Crippen LogP contribution in [0.2, 0.25) is 0 Å². The van der Waals surface area contributed by atoms with Crippen molar-refractivity contribution in [2.45, 2.75) is 32.8 Å². The van der Waals surface area contributed by atoms with Gasteiger partial charge >= 0.3 is 5.97 Å². The normalized spacial score (nSPS) is 14.8. The highest BCUT2D eigenvalue weighted by molar-refractivity contribution is 5.94. The number of carboxylic acids is 1. The topological polar surface area (TPSA) is 79.7 Å². The first-order valence-electron chi connectivity index (χ1n) is 9.17. The van der Waals surface area contributed by atoms with Crippen molar-refractivity contribution in [2.75, 3.05) is 13.1 Å². The summed E-state index contributed by atoms with van der Waals surface area (Å²) in [5, 5.41) is 8.90. The fourth-order valence-electron chi connectivity index (χ4n) is 3.27. The van der Waals surface area contributed by atoms with E-state index in [0.717, 1.165) is 24.1 Å². The summed E-state index contributed by atoms with van der Waals surface area (Å²) >= 11 is 0.